The molecule has 14 heavy (non-hydrogen) atoms. The Morgan fingerprint density at radius 1 is 1.50 bits per heavy atom. The number of aliphatic hydroxyl groups excluding tert-OH is 1. The summed E-state index contributed by atoms with van der Waals surface area (Å²) >= 11 is 0. The molecule has 84 valence electrons. The zero-order chi connectivity index (χ0) is 10.6. The summed E-state index contributed by atoms with van der Waals surface area (Å²) in [7, 11) is 0. The van der Waals surface area contributed by atoms with Crippen molar-refractivity contribution in [3.05, 3.63) is 0 Å². The second-order valence-corrected chi connectivity index (χ2v) is 2.85. The van der Waals surface area contributed by atoms with Gasteiger partial charge in [0.1, 0.15) is 12.2 Å². The van der Waals surface area contributed by atoms with E-state index in [0.29, 0.717) is 6.61 Å². The number of aliphatic hydroxyl groups is 1. The summed E-state index contributed by atoms with van der Waals surface area (Å²) in [6.45, 7) is -0.472. The van der Waals surface area contributed by atoms with Crippen molar-refractivity contribution in [3.8, 4) is 0 Å². The lowest BCUT2D eigenvalue weighted by molar-refractivity contribution is -0.332. The molecule has 0 spiro atoms. The Balaban J connectivity index is 2.10. The van der Waals surface area contributed by atoms with E-state index in [1.54, 1.807) is 0 Å². The molecule has 1 heterocycles. The van der Waals surface area contributed by atoms with Crippen LogP contribution in [0.1, 0.15) is 0 Å². The number of ether oxygens (including phenoxy) is 3. The molecule has 1 fully saturated rings. The monoisotopic (exact) mass is 216 g/mol. The highest BCUT2D eigenvalue weighted by atomic mass is 19.4. The lowest BCUT2D eigenvalue weighted by Crippen LogP contribution is -2.29. The van der Waals surface area contributed by atoms with E-state index in [-0.39, 0.29) is 12.7 Å². The number of rotatable bonds is 6. The van der Waals surface area contributed by atoms with Gasteiger partial charge in [-0.1, -0.05) is 0 Å². The summed E-state index contributed by atoms with van der Waals surface area (Å²) < 4.78 is 47.9. The molecule has 0 radical (unpaired) electrons. The molecular weight excluding hydrogens is 205 g/mol. The van der Waals surface area contributed by atoms with Crippen LogP contribution in [0, 0.1) is 0 Å². The third kappa shape index (κ3) is 5.38. The van der Waals surface area contributed by atoms with Gasteiger partial charge in [0.05, 0.1) is 26.4 Å². The van der Waals surface area contributed by atoms with Gasteiger partial charge in [-0.2, -0.15) is 0 Å². The number of hydrogen-bond acceptors (Lipinski definition) is 4. The Morgan fingerprint density at radius 3 is 2.57 bits per heavy atom. The van der Waals surface area contributed by atoms with Crippen molar-refractivity contribution in [2.24, 2.45) is 0 Å². The molecule has 2 atom stereocenters. The minimum absolute atomic E-state index is 0.0464. The predicted molar refractivity (Wildman–Crippen MR) is 38.6 cm³/mol. The van der Waals surface area contributed by atoms with Crippen molar-refractivity contribution >= 4 is 0 Å². The van der Waals surface area contributed by atoms with Crippen molar-refractivity contribution in [2.45, 2.75) is 18.6 Å². The fraction of sp³-hybridized carbons (Fsp3) is 1.00. The van der Waals surface area contributed by atoms with E-state index in [4.69, 9.17) is 14.6 Å². The van der Waals surface area contributed by atoms with Gasteiger partial charge in [0.25, 0.3) is 0 Å². The van der Waals surface area contributed by atoms with Crippen LogP contribution in [0.3, 0.4) is 0 Å². The van der Waals surface area contributed by atoms with Crippen LogP contribution in [0.5, 0.6) is 0 Å². The van der Waals surface area contributed by atoms with Gasteiger partial charge in [-0.25, -0.2) is 0 Å². The van der Waals surface area contributed by atoms with Crippen LogP contribution in [0.2, 0.25) is 0 Å². The molecule has 1 N–H and O–H groups in total. The normalized spacial score (nSPS) is 23.6. The molecule has 1 aliphatic heterocycles. The maximum absolute atomic E-state index is 11.6. The molecule has 1 aliphatic rings. The van der Waals surface area contributed by atoms with E-state index >= 15 is 0 Å². The third-order valence-corrected chi connectivity index (χ3v) is 1.56. The van der Waals surface area contributed by atoms with Crippen LogP contribution in [0.25, 0.3) is 0 Å². The van der Waals surface area contributed by atoms with Gasteiger partial charge in [-0.05, 0) is 0 Å². The van der Waals surface area contributed by atoms with Crippen molar-refractivity contribution in [2.75, 3.05) is 26.4 Å². The number of alkyl halides is 3. The maximum atomic E-state index is 11.6. The quantitative estimate of drug-likeness (QED) is 0.649. The van der Waals surface area contributed by atoms with Gasteiger partial charge >= 0.3 is 6.36 Å². The minimum Gasteiger partial charge on any atom is -0.394 e. The summed E-state index contributed by atoms with van der Waals surface area (Å²) in [4.78, 5) is 0. The second kappa shape index (κ2) is 4.92. The summed E-state index contributed by atoms with van der Waals surface area (Å²) in [5.74, 6) is 0. The van der Waals surface area contributed by atoms with Crippen molar-refractivity contribution in [3.63, 3.8) is 0 Å². The first-order valence-corrected chi connectivity index (χ1v) is 4.06. The highest BCUT2D eigenvalue weighted by Crippen LogP contribution is 2.17. The van der Waals surface area contributed by atoms with Crippen LogP contribution >= 0.6 is 0 Å². The first-order chi connectivity index (χ1) is 6.51. The average molecular weight is 216 g/mol. The Morgan fingerprint density at radius 2 is 2.14 bits per heavy atom. The van der Waals surface area contributed by atoms with Crippen LogP contribution in [-0.4, -0.2) is 50.1 Å². The van der Waals surface area contributed by atoms with Crippen molar-refractivity contribution < 1.29 is 32.5 Å². The standard InChI is InChI=1S/C7H11F3O4/c8-7(9,10)14-4-5(1-11)12-2-6-3-13-6/h5-6,11H,1-4H2. The SMILES string of the molecule is OCC(COC(F)(F)F)OCC1CO1. The minimum atomic E-state index is -4.69. The summed E-state index contributed by atoms with van der Waals surface area (Å²) in [6.07, 6.45) is -5.69. The second-order valence-electron chi connectivity index (χ2n) is 2.85. The molecule has 2 unspecified atom stereocenters. The van der Waals surface area contributed by atoms with Crippen LogP contribution < -0.4 is 0 Å². The predicted octanol–water partition coefficient (Wildman–Crippen LogP) is 0.299. The lowest BCUT2D eigenvalue weighted by atomic mass is 10.4. The zero-order valence-electron chi connectivity index (χ0n) is 7.29. The molecule has 0 aromatic heterocycles. The summed E-state index contributed by atoms with van der Waals surface area (Å²) in [6, 6.07) is 0. The summed E-state index contributed by atoms with van der Waals surface area (Å²) in [5.41, 5.74) is 0. The van der Waals surface area contributed by atoms with Gasteiger partial charge in [0, 0.05) is 0 Å². The molecule has 0 aromatic rings. The van der Waals surface area contributed by atoms with E-state index < -0.39 is 25.7 Å². The Hall–Kier alpha value is -0.370. The molecule has 4 nitrogen and oxygen atoms in total. The maximum Gasteiger partial charge on any atom is 0.522 e. The van der Waals surface area contributed by atoms with E-state index in [1.165, 1.54) is 0 Å². The van der Waals surface area contributed by atoms with Crippen LogP contribution in [0.4, 0.5) is 13.2 Å². The van der Waals surface area contributed by atoms with E-state index in [2.05, 4.69) is 4.74 Å². The fourth-order valence-electron chi connectivity index (χ4n) is 0.749. The molecule has 7 heteroatoms. The highest BCUT2D eigenvalue weighted by molar-refractivity contribution is 4.68. The highest BCUT2D eigenvalue weighted by Gasteiger charge is 2.31. The van der Waals surface area contributed by atoms with Gasteiger partial charge in [0.15, 0.2) is 0 Å². The smallest absolute Gasteiger partial charge is 0.394 e. The zero-order valence-corrected chi connectivity index (χ0v) is 7.29. The Kier molecular flexibility index (Phi) is 4.11. The average Bonchev–Trinajstić information content (AvgIpc) is 2.86. The molecule has 1 rings (SSSR count). The summed E-state index contributed by atoms with van der Waals surface area (Å²) in [5, 5.41) is 8.64. The molecule has 0 saturated carbocycles. The first kappa shape index (κ1) is 11.7. The molecule has 1 saturated heterocycles. The molecule has 0 aliphatic carbocycles. The van der Waals surface area contributed by atoms with Crippen molar-refractivity contribution in [1.82, 2.24) is 0 Å². The van der Waals surface area contributed by atoms with E-state index in [9.17, 15) is 13.2 Å². The third-order valence-electron chi connectivity index (χ3n) is 1.56. The molecule has 0 bridgehead atoms. The number of halogens is 3. The van der Waals surface area contributed by atoms with Gasteiger partial charge in [-0.15, -0.1) is 13.2 Å². The van der Waals surface area contributed by atoms with Gasteiger partial charge < -0.3 is 14.6 Å². The number of hydrogen-bond donors (Lipinski definition) is 1. The Bertz CT molecular complexity index is 169. The Labute approximate surface area is 78.6 Å². The first-order valence-electron chi connectivity index (χ1n) is 4.06. The van der Waals surface area contributed by atoms with Gasteiger partial charge in [-0.3, -0.25) is 4.74 Å². The van der Waals surface area contributed by atoms with Crippen LogP contribution in [-0.2, 0) is 14.2 Å². The van der Waals surface area contributed by atoms with Gasteiger partial charge in [0.2, 0.25) is 0 Å². The fourth-order valence-corrected chi connectivity index (χ4v) is 0.749. The largest absolute Gasteiger partial charge is 0.522 e. The van der Waals surface area contributed by atoms with E-state index in [1.807, 2.05) is 0 Å². The van der Waals surface area contributed by atoms with E-state index in [0.717, 1.165) is 0 Å². The topological polar surface area (TPSA) is 51.2 Å². The lowest BCUT2D eigenvalue weighted by Gasteiger charge is -2.15. The molecule has 0 aromatic carbocycles. The van der Waals surface area contributed by atoms with Crippen molar-refractivity contribution in [1.29, 1.82) is 0 Å². The molecular formula is C7H11F3O4. The van der Waals surface area contributed by atoms with Crippen LogP contribution in [0.15, 0.2) is 0 Å². The molecule has 0 amide bonds. The number of epoxide rings is 1.